The van der Waals surface area contributed by atoms with Crippen LogP contribution in [0.3, 0.4) is 0 Å². The van der Waals surface area contributed by atoms with Gasteiger partial charge in [-0.05, 0) is 26.7 Å². The minimum atomic E-state index is -0.244. The van der Waals surface area contributed by atoms with Gasteiger partial charge in [-0.2, -0.15) is 0 Å². The van der Waals surface area contributed by atoms with Gasteiger partial charge in [-0.3, -0.25) is 4.84 Å². The largest absolute Gasteiger partial charge is 0.339 e. The highest BCUT2D eigenvalue weighted by molar-refractivity contribution is 5.74. The summed E-state index contributed by atoms with van der Waals surface area (Å²) in [5.74, 6) is 0. The molecule has 0 heterocycles. The van der Waals surface area contributed by atoms with Gasteiger partial charge in [0.05, 0.1) is 6.61 Å². The summed E-state index contributed by atoms with van der Waals surface area (Å²) in [6, 6.07) is -0.244. The van der Waals surface area contributed by atoms with Gasteiger partial charge in [0.25, 0.3) is 0 Å². The van der Waals surface area contributed by atoms with Crippen molar-refractivity contribution < 1.29 is 9.63 Å². The van der Waals surface area contributed by atoms with Crippen molar-refractivity contribution in [3.63, 3.8) is 0 Å². The fraction of sp³-hybridized carbons (Fsp3) is 0.857. The van der Waals surface area contributed by atoms with E-state index in [0.717, 1.165) is 12.8 Å². The summed E-state index contributed by atoms with van der Waals surface area (Å²) in [4.78, 5) is 15.6. The summed E-state index contributed by atoms with van der Waals surface area (Å²) in [6.07, 6.45) is 2.12. The Morgan fingerprint density at radius 2 is 2.27 bits per heavy atom. The molecule has 4 nitrogen and oxygen atoms in total. The number of rotatable bonds is 3. The van der Waals surface area contributed by atoms with Crippen molar-refractivity contribution in [1.29, 1.82) is 0 Å². The van der Waals surface area contributed by atoms with Crippen LogP contribution in [0.1, 0.15) is 26.7 Å². The quantitative estimate of drug-likeness (QED) is 0.596. The van der Waals surface area contributed by atoms with Gasteiger partial charge in [0.1, 0.15) is 0 Å². The van der Waals surface area contributed by atoms with Crippen molar-refractivity contribution in [2.45, 2.75) is 32.2 Å². The summed E-state index contributed by atoms with van der Waals surface area (Å²) < 4.78 is 0. The molecule has 1 saturated carbocycles. The van der Waals surface area contributed by atoms with Crippen LogP contribution in [0.4, 0.5) is 4.79 Å². The molecule has 0 radical (unpaired) electrons. The Hall–Kier alpha value is -0.770. The Morgan fingerprint density at radius 1 is 1.64 bits per heavy atom. The predicted octanol–water partition coefficient (Wildman–Crippen LogP) is 0.790. The van der Waals surface area contributed by atoms with E-state index in [2.05, 4.69) is 10.8 Å². The lowest BCUT2D eigenvalue weighted by molar-refractivity contribution is 0.0694. The van der Waals surface area contributed by atoms with E-state index in [0.29, 0.717) is 6.61 Å². The van der Waals surface area contributed by atoms with E-state index in [1.165, 1.54) is 0 Å². The maximum absolute atomic E-state index is 10.9. The zero-order chi connectivity index (χ0) is 8.32. The minimum absolute atomic E-state index is 0.0290. The lowest BCUT2D eigenvalue weighted by Crippen LogP contribution is -2.41. The minimum Gasteiger partial charge on any atom is -0.331 e. The van der Waals surface area contributed by atoms with Crippen LogP contribution in [-0.2, 0) is 4.84 Å². The summed E-state index contributed by atoms with van der Waals surface area (Å²) in [6.45, 7) is 4.32. The molecule has 1 aliphatic carbocycles. The van der Waals surface area contributed by atoms with Crippen molar-refractivity contribution >= 4 is 6.03 Å². The molecular weight excluding hydrogens is 144 g/mol. The number of carbonyl (C=O) groups is 1. The first-order valence-electron chi connectivity index (χ1n) is 3.86. The van der Waals surface area contributed by atoms with Crippen LogP contribution < -0.4 is 10.8 Å². The maximum Gasteiger partial charge on any atom is 0.339 e. The topological polar surface area (TPSA) is 50.4 Å². The van der Waals surface area contributed by atoms with Crippen LogP contribution >= 0.6 is 0 Å². The van der Waals surface area contributed by atoms with Crippen LogP contribution in [0.2, 0.25) is 0 Å². The zero-order valence-electron chi connectivity index (χ0n) is 6.94. The molecule has 2 N–H and O–H groups in total. The zero-order valence-corrected chi connectivity index (χ0v) is 6.94. The van der Waals surface area contributed by atoms with Crippen LogP contribution in [0.5, 0.6) is 0 Å². The number of carbonyl (C=O) groups excluding carboxylic acids is 1. The summed E-state index contributed by atoms with van der Waals surface area (Å²) in [7, 11) is 0. The molecule has 0 aromatic carbocycles. The van der Waals surface area contributed by atoms with Gasteiger partial charge in [-0.1, -0.05) is 0 Å². The third-order valence-electron chi connectivity index (χ3n) is 1.72. The fourth-order valence-electron chi connectivity index (χ4n) is 0.750. The van der Waals surface area contributed by atoms with E-state index in [-0.39, 0.29) is 11.6 Å². The molecule has 11 heavy (non-hydrogen) atoms. The second-order valence-corrected chi connectivity index (χ2v) is 3.05. The van der Waals surface area contributed by atoms with Gasteiger partial charge < -0.3 is 5.32 Å². The predicted molar refractivity (Wildman–Crippen MR) is 40.9 cm³/mol. The van der Waals surface area contributed by atoms with Crippen LogP contribution in [-0.4, -0.2) is 18.2 Å². The highest BCUT2D eigenvalue weighted by atomic mass is 16.7. The molecule has 0 spiro atoms. The molecule has 1 rings (SSSR count). The average Bonchev–Trinajstić information content (AvgIpc) is 2.63. The lowest BCUT2D eigenvalue weighted by Gasteiger charge is -2.11. The van der Waals surface area contributed by atoms with Gasteiger partial charge in [-0.25, -0.2) is 10.3 Å². The Bertz CT molecular complexity index is 155. The molecule has 0 aromatic rings. The number of hydrogen-bond acceptors (Lipinski definition) is 2. The number of hydroxylamine groups is 1. The molecule has 0 bridgehead atoms. The molecule has 4 heteroatoms. The van der Waals surface area contributed by atoms with Gasteiger partial charge in [0, 0.05) is 5.54 Å². The van der Waals surface area contributed by atoms with E-state index in [9.17, 15) is 4.79 Å². The second kappa shape index (κ2) is 3.09. The van der Waals surface area contributed by atoms with Gasteiger partial charge >= 0.3 is 6.03 Å². The Kier molecular flexibility index (Phi) is 2.34. The normalized spacial score (nSPS) is 19.1. The summed E-state index contributed by atoms with van der Waals surface area (Å²) >= 11 is 0. The number of amides is 2. The Balaban J connectivity index is 2.11. The first-order chi connectivity index (χ1) is 5.16. The number of urea groups is 1. The molecule has 1 fully saturated rings. The van der Waals surface area contributed by atoms with Gasteiger partial charge in [0.2, 0.25) is 0 Å². The van der Waals surface area contributed by atoms with Crippen LogP contribution in [0.25, 0.3) is 0 Å². The SMILES string of the molecule is CCONC(=O)NC1(C)CC1. The third-order valence-corrected chi connectivity index (χ3v) is 1.72. The standard InChI is InChI=1S/C7H14N2O2/c1-3-11-9-6(10)8-7(2)4-5-7/h3-5H2,1-2H3,(H2,8,9,10). The van der Waals surface area contributed by atoms with Crippen LogP contribution in [0, 0.1) is 0 Å². The summed E-state index contributed by atoms with van der Waals surface area (Å²) in [5.41, 5.74) is 2.31. The van der Waals surface area contributed by atoms with Crippen molar-refractivity contribution in [1.82, 2.24) is 10.8 Å². The lowest BCUT2D eigenvalue weighted by atomic mass is 10.3. The van der Waals surface area contributed by atoms with E-state index in [4.69, 9.17) is 4.84 Å². The van der Waals surface area contributed by atoms with Crippen molar-refractivity contribution in [2.24, 2.45) is 0 Å². The van der Waals surface area contributed by atoms with E-state index < -0.39 is 0 Å². The molecule has 2 amide bonds. The molecule has 0 atom stereocenters. The van der Waals surface area contributed by atoms with Gasteiger partial charge in [0.15, 0.2) is 0 Å². The molecule has 0 saturated heterocycles. The molecule has 0 aliphatic heterocycles. The highest BCUT2D eigenvalue weighted by Crippen LogP contribution is 2.33. The molecule has 0 aromatic heterocycles. The number of nitrogens with one attached hydrogen (secondary N) is 2. The second-order valence-electron chi connectivity index (χ2n) is 3.05. The molecule has 1 aliphatic rings. The summed E-state index contributed by atoms with van der Waals surface area (Å²) in [5, 5.41) is 2.79. The molecule has 64 valence electrons. The first-order valence-corrected chi connectivity index (χ1v) is 3.86. The van der Waals surface area contributed by atoms with Gasteiger partial charge in [-0.15, -0.1) is 0 Å². The monoisotopic (exact) mass is 158 g/mol. The Labute approximate surface area is 66.3 Å². The molecular formula is C7H14N2O2. The molecule has 0 unspecified atom stereocenters. The Morgan fingerprint density at radius 3 is 2.73 bits per heavy atom. The third kappa shape index (κ3) is 2.76. The smallest absolute Gasteiger partial charge is 0.331 e. The van der Waals surface area contributed by atoms with Crippen molar-refractivity contribution in [3.8, 4) is 0 Å². The fourth-order valence-corrected chi connectivity index (χ4v) is 0.750. The number of hydrogen-bond donors (Lipinski definition) is 2. The van der Waals surface area contributed by atoms with E-state index >= 15 is 0 Å². The van der Waals surface area contributed by atoms with Crippen molar-refractivity contribution in [2.75, 3.05) is 6.61 Å². The first kappa shape index (κ1) is 8.33. The average molecular weight is 158 g/mol. The highest BCUT2D eigenvalue weighted by Gasteiger charge is 2.38. The van der Waals surface area contributed by atoms with Crippen molar-refractivity contribution in [3.05, 3.63) is 0 Å². The van der Waals surface area contributed by atoms with E-state index in [1.807, 2.05) is 13.8 Å². The maximum atomic E-state index is 10.9. The van der Waals surface area contributed by atoms with E-state index in [1.54, 1.807) is 0 Å². The van der Waals surface area contributed by atoms with Crippen LogP contribution in [0.15, 0.2) is 0 Å².